The molecule has 1 saturated heterocycles. The summed E-state index contributed by atoms with van der Waals surface area (Å²) in [4.78, 5) is 23.5. The van der Waals surface area contributed by atoms with Crippen molar-refractivity contribution in [3.63, 3.8) is 0 Å². The van der Waals surface area contributed by atoms with Crippen LogP contribution in [0.5, 0.6) is 0 Å². The van der Waals surface area contributed by atoms with E-state index in [9.17, 15) is 18.3 Å². The standard InChI is InChI=1S/C23H29N5O5S/c29-11-14-34(31,32)23(7-8-23)19-15-20(28-9-12-33-13-10-28)27-21(26-19)16-1-3-17(4-2-16)24-22(30)25-18-5-6-18/h1-4,15,18,29H,5-14H2,(H2,24,25,30). The fourth-order valence-electron chi connectivity index (χ4n) is 4.19. The van der Waals surface area contributed by atoms with Crippen LogP contribution < -0.4 is 15.5 Å². The normalized spacial score (nSPS) is 19.5. The second-order valence-electron chi connectivity index (χ2n) is 9.02. The van der Waals surface area contributed by atoms with Gasteiger partial charge in [0.15, 0.2) is 15.7 Å². The van der Waals surface area contributed by atoms with Crippen LogP contribution in [0, 0.1) is 0 Å². The minimum absolute atomic E-state index is 0.229. The van der Waals surface area contributed by atoms with Crippen LogP contribution in [0.1, 0.15) is 31.4 Å². The van der Waals surface area contributed by atoms with Crippen LogP contribution in [0.3, 0.4) is 0 Å². The molecule has 1 aromatic carbocycles. The molecule has 11 heteroatoms. The third-order valence-electron chi connectivity index (χ3n) is 6.49. The van der Waals surface area contributed by atoms with Crippen molar-refractivity contribution in [2.24, 2.45) is 0 Å². The number of carbonyl (C=O) groups excluding carboxylic acids is 1. The number of rotatable bonds is 8. The maximum Gasteiger partial charge on any atom is 0.319 e. The largest absolute Gasteiger partial charge is 0.395 e. The van der Waals surface area contributed by atoms with Gasteiger partial charge >= 0.3 is 6.03 Å². The Hall–Kier alpha value is -2.76. The Morgan fingerprint density at radius 2 is 1.85 bits per heavy atom. The Kier molecular flexibility index (Phi) is 6.17. The van der Waals surface area contributed by atoms with E-state index in [-0.39, 0.29) is 17.8 Å². The Labute approximate surface area is 198 Å². The average molecular weight is 488 g/mol. The van der Waals surface area contributed by atoms with Gasteiger partial charge in [0.1, 0.15) is 10.6 Å². The van der Waals surface area contributed by atoms with Gasteiger partial charge in [0, 0.05) is 36.4 Å². The van der Waals surface area contributed by atoms with Crippen molar-refractivity contribution in [3.05, 3.63) is 36.0 Å². The van der Waals surface area contributed by atoms with Gasteiger partial charge in [-0.15, -0.1) is 0 Å². The topological polar surface area (TPSA) is 134 Å². The molecule has 1 aromatic heterocycles. The molecule has 2 saturated carbocycles. The SMILES string of the molecule is O=C(Nc1ccc(-c2nc(N3CCOCC3)cc(C3(S(=O)(=O)CCO)CC3)n2)cc1)NC1CC1. The number of ether oxygens (including phenoxy) is 1. The zero-order chi connectivity index (χ0) is 23.8. The fraction of sp³-hybridized carbons (Fsp3) is 0.522. The van der Waals surface area contributed by atoms with E-state index in [1.807, 2.05) is 12.1 Å². The number of nitrogens with zero attached hydrogens (tertiary/aromatic N) is 3. The highest BCUT2D eigenvalue weighted by molar-refractivity contribution is 7.92. The van der Waals surface area contributed by atoms with Crippen LogP contribution in [-0.2, 0) is 19.3 Å². The van der Waals surface area contributed by atoms with E-state index in [2.05, 4.69) is 20.5 Å². The minimum atomic E-state index is -3.56. The third kappa shape index (κ3) is 4.73. The predicted octanol–water partition coefficient (Wildman–Crippen LogP) is 1.66. The summed E-state index contributed by atoms with van der Waals surface area (Å²) in [6.07, 6.45) is 2.99. The van der Waals surface area contributed by atoms with E-state index >= 15 is 0 Å². The van der Waals surface area contributed by atoms with E-state index in [0.717, 1.165) is 18.4 Å². The molecule has 5 rings (SSSR count). The van der Waals surface area contributed by atoms with Crippen LogP contribution in [0.2, 0.25) is 0 Å². The molecule has 2 amide bonds. The Balaban J connectivity index is 1.46. The molecule has 3 fully saturated rings. The van der Waals surface area contributed by atoms with Gasteiger partial charge < -0.3 is 25.4 Å². The fourth-order valence-corrected chi connectivity index (χ4v) is 5.97. The first-order valence-corrected chi connectivity index (χ1v) is 13.3. The second-order valence-corrected chi connectivity index (χ2v) is 11.4. The van der Waals surface area contributed by atoms with Gasteiger partial charge in [-0.05, 0) is 49.9 Å². The van der Waals surface area contributed by atoms with Gasteiger partial charge in [0.05, 0.1) is 31.3 Å². The Morgan fingerprint density at radius 3 is 2.47 bits per heavy atom. The van der Waals surface area contributed by atoms with Crippen molar-refractivity contribution in [2.75, 3.05) is 48.9 Å². The maximum atomic E-state index is 13.0. The molecule has 10 nitrogen and oxygen atoms in total. The summed E-state index contributed by atoms with van der Waals surface area (Å²) in [6, 6.07) is 9.00. The summed E-state index contributed by atoms with van der Waals surface area (Å²) in [5.41, 5.74) is 1.84. The van der Waals surface area contributed by atoms with Gasteiger partial charge in [-0.3, -0.25) is 0 Å². The molecule has 0 bridgehead atoms. The number of hydrogen-bond acceptors (Lipinski definition) is 8. The van der Waals surface area contributed by atoms with E-state index in [0.29, 0.717) is 62.2 Å². The van der Waals surface area contributed by atoms with E-state index < -0.39 is 21.2 Å². The lowest BCUT2D eigenvalue weighted by molar-refractivity contribution is 0.122. The number of urea groups is 1. The molecule has 1 aliphatic heterocycles. The van der Waals surface area contributed by atoms with E-state index in [1.165, 1.54) is 0 Å². The number of carbonyl (C=O) groups is 1. The monoisotopic (exact) mass is 487 g/mol. The molecule has 0 spiro atoms. The van der Waals surface area contributed by atoms with Gasteiger partial charge in [-0.2, -0.15) is 0 Å². The highest BCUT2D eigenvalue weighted by Gasteiger charge is 2.56. The quantitative estimate of drug-likeness (QED) is 0.512. The number of nitrogens with one attached hydrogen (secondary N) is 2. The van der Waals surface area contributed by atoms with Crippen molar-refractivity contribution in [1.82, 2.24) is 15.3 Å². The summed E-state index contributed by atoms with van der Waals surface area (Å²) in [5, 5.41) is 15.0. The van der Waals surface area contributed by atoms with Crippen molar-refractivity contribution >= 4 is 27.4 Å². The first-order chi connectivity index (χ1) is 16.4. The predicted molar refractivity (Wildman–Crippen MR) is 127 cm³/mol. The number of aromatic nitrogens is 2. The van der Waals surface area contributed by atoms with E-state index in [1.54, 1.807) is 18.2 Å². The molecule has 0 unspecified atom stereocenters. The molecule has 3 N–H and O–H groups in total. The van der Waals surface area contributed by atoms with Gasteiger partial charge in [0.2, 0.25) is 0 Å². The minimum Gasteiger partial charge on any atom is -0.395 e. The molecule has 2 aromatic rings. The highest BCUT2D eigenvalue weighted by atomic mass is 32.2. The van der Waals surface area contributed by atoms with E-state index in [4.69, 9.17) is 9.72 Å². The summed E-state index contributed by atoms with van der Waals surface area (Å²) in [5.74, 6) is 0.806. The van der Waals surface area contributed by atoms with Crippen molar-refractivity contribution in [1.29, 1.82) is 0 Å². The molecule has 2 aliphatic carbocycles. The van der Waals surface area contributed by atoms with Gasteiger partial charge in [-0.25, -0.2) is 23.2 Å². The zero-order valence-corrected chi connectivity index (χ0v) is 19.7. The number of sulfone groups is 1. The molecule has 34 heavy (non-hydrogen) atoms. The number of morpholine rings is 1. The first kappa shape index (κ1) is 23.0. The molecular weight excluding hydrogens is 458 g/mol. The van der Waals surface area contributed by atoms with Gasteiger partial charge in [-0.1, -0.05) is 0 Å². The smallest absolute Gasteiger partial charge is 0.319 e. The number of aliphatic hydroxyl groups is 1. The number of aliphatic hydroxyl groups excluding tert-OH is 1. The number of benzene rings is 1. The Morgan fingerprint density at radius 1 is 1.15 bits per heavy atom. The van der Waals surface area contributed by atoms with Crippen molar-refractivity contribution in [2.45, 2.75) is 36.5 Å². The summed E-state index contributed by atoms with van der Waals surface area (Å²) in [6.45, 7) is 2.05. The van der Waals surface area contributed by atoms with Gasteiger partial charge in [0.25, 0.3) is 0 Å². The summed E-state index contributed by atoms with van der Waals surface area (Å²) in [7, 11) is -3.56. The lowest BCUT2D eigenvalue weighted by atomic mass is 10.1. The van der Waals surface area contributed by atoms with Crippen molar-refractivity contribution < 1.29 is 23.1 Å². The number of amides is 2. The Bertz CT molecular complexity index is 1160. The lowest BCUT2D eigenvalue weighted by Crippen LogP contribution is -2.37. The second kappa shape index (κ2) is 9.12. The zero-order valence-electron chi connectivity index (χ0n) is 18.9. The molecular formula is C23H29N5O5S. The van der Waals surface area contributed by atoms with Crippen LogP contribution >= 0.6 is 0 Å². The van der Waals surface area contributed by atoms with Crippen LogP contribution in [-0.4, -0.2) is 74.2 Å². The highest BCUT2D eigenvalue weighted by Crippen LogP contribution is 2.53. The van der Waals surface area contributed by atoms with Crippen LogP contribution in [0.4, 0.5) is 16.3 Å². The molecule has 182 valence electrons. The summed E-state index contributed by atoms with van der Waals surface area (Å²) < 4.78 is 30.3. The number of anilines is 2. The van der Waals surface area contributed by atoms with Crippen molar-refractivity contribution in [3.8, 4) is 11.4 Å². The molecule has 0 radical (unpaired) electrons. The van der Waals surface area contributed by atoms with Crippen LogP contribution in [0.25, 0.3) is 11.4 Å². The molecule has 2 heterocycles. The average Bonchev–Trinajstić information content (AvgIpc) is 3.75. The maximum absolute atomic E-state index is 13.0. The molecule has 0 atom stereocenters. The lowest BCUT2D eigenvalue weighted by Gasteiger charge is -2.29. The molecule has 3 aliphatic rings. The first-order valence-electron chi connectivity index (χ1n) is 11.6. The summed E-state index contributed by atoms with van der Waals surface area (Å²) >= 11 is 0. The third-order valence-corrected chi connectivity index (χ3v) is 9.02. The number of hydrogen-bond donors (Lipinski definition) is 3. The van der Waals surface area contributed by atoms with Crippen LogP contribution in [0.15, 0.2) is 30.3 Å².